The van der Waals surface area contributed by atoms with Gasteiger partial charge in [0.15, 0.2) is 0 Å². The molecule has 2 rings (SSSR count). The molecule has 1 aliphatic rings. The Morgan fingerprint density at radius 3 is 2.40 bits per heavy atom. The Morgan fingerprint density at radius 1 is 1.08 bits per heavy atom. The van der Waals surface area contributed by atoms with Gasteiger partial charge in [-0.05, 0) is 39.3 Å². The minimum atomic E-state index is -0.423. The van der Waals surface area contributed by atoms with E-state index in [9.17, 15) is 4.79 Å². The van der Waals surface area contributed by atoms with E-state index in [1.54, 1.807) is 0 Å². The first-order valence-corrected chi connectivity index (χ1v) is 9.18. The summed E-state index contributed by atoms with van der Waals surface area (Å²) >= 11 is 0. The third kappa shape index (κ3) is 7.04. The zero-order chi connectivity index (χ0) is 18.3. The van der Waals surface area contributed by atoms with Gasteiger partial charge in [0, 0.05) is 38.4 Å². The molecule has 0 radical (unpaired) electrons. The zero-order valence-corrected chi connectivity index (χ0v) is 16.1. The number of benzene rings is 1. The molecule has 1 aliphatic heterocycles. The van der Waals surface area contributed by atoms with E-state index in [4.69, 9.17) is 9.47 Å². The molecule has 1 aromatic carbocycles. The predicted octanol–water partition coefficient (Wildman–Crippen LogP) is 2.87. The smallest absolute Gasteiger partial charge is 0.308 e. The van der Waals surface area contributed by atoms with E-state index in [-0.39, 0.29) is 5.97 Å². The minimum absolute atomic E-state index is 0.195. The molecule has 5 heteroatoms. The predicted molar refractivity (Wildman–Crippen MR) is 101 cm³/mol. The standard InChI is InChI=1S/C20H32N2O3/c1-17-7-5-6-8-18(17)22-12-10-21(11-13-22)14-16-24-15-9-19(23)25-20(2,3)4/h5-8H,9-16H2,1-4H3. The molecule has 1 fully saturated rings. The third-order valence-electron chi connectivity index (χ3n) is 4.25. The molecular weight excluding hydrogens is 316 g/mol. The number of esters is 1. The maximum Gasteiger partial charge on any atom is 0.308 e. The van der Waals surface area contributed by atoms with Gasteiger partial charge in [0.1, 0.15) is 5.60 Å². The molecular formula is C20H32N2O3. The van der Waals surface area contributed by atoms with Gasteiger partial charge >= 0.3 is 5.97 Å². The molecule has 0 bridgehead atoms. The second kappa shape index (κ2) is 9.20. The fourth-order valence-electron chi connectivity index (χ4n) is 2.97. The topological polar surface area (TPSA) is 42.0 Å². The number of nitrogens with zero attached hydrogens (tertiary/aromatic N) is 2. The van der Waals surface area contributed by atoms with Crippen LogP contribution in [0.15, 0.2) is 24.3 Å². The summed E-state index contributed by atoms with van der Waals surface area (Å²) in [6, 6.07) is 8.56. The van der Waals surface area contributed by atoms with Crippen molar-refractivity contribution in [2.45, 2.75) is 39.7 Å². The lowest BCUT2D eigenvalue weighted by molar-refractivity contribution is -0.156. The number of ether oxygens (including phenoxy) is 2. The number of aryl methyl sites for hydroxylation is 1. The highest BCUT2D eigenvalue weighted by Crippen LogP contribution is 2.20. The lowest BCUT2D eigenvalue weighted by Crippen LogP contribution is -2.47. The molecule has 0 N–H and O–H groups in total. The molecule has 1 heterocycles. The number of hydrogen-bond donors (Lipinski definition) is 0. The fraction of sp³-hybridized carbons (Fsp3) is 0.650. The lowest BCUT2D eigenvalue weighted by atomic mass is 10.1. The SMILES string of the molecule is Cc1ccccc1N1CCN(CCOCCC(=O)OC(C)(C)C)CC1. The van der Waals surface area contributed by atoms with Crippen LogP contribution in [0.5, 0.6) is 0 Å². The molecule has 1 aromatic rings. The number of para-hydroxylation sites is 1. The molecule has 0 atom stereocenters. The minimum Gasteiger partial charge on any atom is -0.460 e. The Balaban J connectivity index is 1.58. The second-order valence-corrected chi connectivity index (χ2v) is 7.56. The maximum atomic E-state index is 11.6. The highest BCUT2D eigenvalue weighted by molar-refractivity contribution is 5.69. The summed E-state index contributed by atoms with van der Waals surface area (Å²) in [5.74, 6) is -0.195. The van der Waals surface area contributed by atoms with Crippen molar-refractivity contribution in [3.63, 3.8) is 0 Å². The average Bonchev–Trinajstić information content (AvgIpc) is 2.54. The molecule has 5 nitrogen and oxygen atoms in total. The molecule has 140 valence electrons. The van der Waals surface area contributed by atoms with Gasteiger partial charge in [0.2, 0.25) is 0 Å². The second-order valence-electron chi connectivity index (χ2n) is 7.56. The van der Waals surface area contributed by atoms with E-state index in [1.165, 1.54) is 11.3 Å². The van der Waals surface area contributed by atoms with Crippen molar-refractivity contribution in [2.75, 3.05) is 50.8 Å². The van der Waals surface area contributed by atoms with Crippen molar-refractivity contribution in [3.05, 3.63) is 29.8 Å². The van der Waals surface area contributed by atoms with Crippen molar-refractivity contribution in [2.24, 2.45) is 0 Å². The monoisotopic (exact) mass is 348 g/mol. The number of hydrogen-bond acceptors (Lipinski definition) is 5. The Morgan fingerprint density at radius 2 is 1.76 bits per heavy atom. The number of anilines is 1. The molecule has 0 amide bonds. The molecule has 0 aromatic heterocycles. The van der Waals surface area contributed by atoms with Crippen LogP contribution >= 0.6 is 0 Å². The van der Waals surface area contributed by atoms with Gasteiger partial charge in [-0.3, -0.25) is 9.69 Å². The summed E-state index contributed by atoms with van der Waals surface area (Å²) in [5.41, 5.74) is 2.26. The highest BCUT2D eigenvalue weighted by Gasteiger charge is 2.18. The fourth-order valence-corrected chi connectivity index (χ4v) is 2.97. The van der Waals surface area contributed by atoms with Crippen molar-refractivity contribution in [1.82, 2.24) is 4.90 Å². The number of carbonyl (C=O) groups is 1. The molecule has 0 aliphatic carbocycles. The van der Waals surface area contributed by atoms with Crippen molar-refractivity contribution >= 4 is 11.7 Å². The first-order valence-electron chi connectivity index (χ1n) is 9.18. The van der Waals surface area contributed by atoms with E-state index in [0.717, 1.165) is 32.7 Å². The van der Waals surface area contributed by atoms with E-state index in [0.29, 0.717) is 19.6 Å². The Bertz CT molecular complexity index is 546. The van der Waals surface area contributed by atoms with Gasteiger partial charge in [0.05, 0.1) is 19.6 Å². The van der Waals surface area contributed by atoms with E-state index in [2.05, 4.69) is 41.0 Å². The molecule has 0 spiro atoms. The number of rotatable bonds is 7. The van der Waals surface area contributed by atoms with Crippen LogP contribution in [0.2, 0.25) is 0 Å². The van der Waals surface area contributed by atoms with Crippen LogP contribution in [0.4, 0.5) is 5.69 Å². The number of carbonyl (C=O) groups excluding carboxylic acids is 1. The lowest BCUT2D eigenvalue weighted by Gasteiger charge is -2.36. The van der Waals surface area contributed by atoms with Crippen molar-refractivity contribution in [1.29, 1.82) is 0 Å². The Labute approximate surface area is 151 Å². The van der Waals surface area contributed by atoms with Gasteiger partial charge in [0.25, 0.3) is 0 Å². The van der Waals surface area contributed by atoms with Gasteiger partial charge in [-0.2, -0.15) is 0 Å². The van der Waals surface area contributed by atoms with E-state index >= 15 is 0 Å². The average molecular weight is 348 g/mol. The summed E-state index contributed by atoms with van der Waals surface area (Å²) in [6.07, 6.45) is 0.318. The Kier molecular flexibility index (Phi) is 7.26. The first kappa shape index (κ1) is 19.7. The third-order valence-corrected chi connectivity index (χ3v) is 4.25. The zero-order valence-electron chi connectivity index (χ0n) is 16.1. The summed E-state index contributed by atoms with van der Waals surface area (Å²) in [5, 5.41) is 0. The molecule has 0 unspecified atom stereocenters. The van der Waals surface area contributed by atoms with Crippen LogP contribution in [0, 0.1) is 6.92 Å². The van der Waals surface area contributed by atoms with Gasteiger partial charge in [-0.25, -0.2) is 0 Å². The first-order chi connectivity index (χ1) is 11.8. The van der Waals surface area contributed by atoms with Crippen LogP contribution in [0.25, 0.3) is 0 Å². The van der Waals surface area contributed by atoms with Crippen LogP contribution in [0.1, 0.15) is 32.8 Å². The summed E-state index contributed by atoms with van der Waals surface area (Å²) < 4.78 is 10.9. The van der Waals surface area contributed by atoms with Crippen LogP contribution in [0.3, 0.4) is 0 Å². The quantitative estimate of drug-likeness (QED) is 0.560. The van der Waals surface area contributed by atoms with E-state index in [1.807, 2.05) is 20.8 Å². The van der Waals surface area contributed by atoms with E-state index < -0.39 is 5.60 Å². The molecule has 0 saturated carbocycles. The molecule has 25 heavy (non-hydrogen) atoms. The van der Waals surface area contributed by atoms with Gasteiger partial charge in [-0.1, -0.05) is 18.2 Å². The largest absolute Gasteiger partial charge is 0.460 e. The van der Waals surface area contributed by atoms with Crippen molar-refractivity contribution in [3.8, 4) is 0 Å². The van der Waals surface area contributed by atoms with Crippen LogP contribution in [-0.2, 0) is 14.3 Å². The van der Waals surface area contributed by atoms with Crippen LogP contribution < -0.4 is 4.90 Å². The Hall–Kier alpha value is -1.59. The van der Waals surface area contributed by atoms with Crippen molar-refractivity contribution < 1.29 is 14.3 Å². The van der Waals surface area contributed by atoms with Crippen LogP contribution in [-0.4, -0.2) is 62.4 Å². The summed E-state index contributed by atoms with van der Waals surface area (Å²) in [6.45, 7) is 14.0. The summed E-state index contributed by atoms with van der Waals surface area (Å²) in [4.78, 5) is 16.5. The van der Waals surface area contributed by atoms with Gasteiger partial charge in [-0.15, -0.1) is 0 Å². The maximum absolute atomic E-state index is 11.6. The normalized spacial score (nSPS) is 16.1. The molecule has 1 saturated heterocycles. The summed E-state index contributed by atoms with van der Waals surface area (Å²) in [7, 11) is 0. The number of piperazine rings is 1. The van der Waals surface area contributed by atoms with Gasteiger partial charge < -0.3 is 14.4 Å². The highest BCUT2D eigenvalue weighted by atomic mass is 16.6.